The number of benzene rings is 1. The van der Waals surface area contributed by atoms with E-state index >= 15 is 0 Å². The Bertz CT molecular complexity index is 454. The maximum Gasteiger partial charge on any atom is 0.122 e. The van der Waals surface area contributed by atoms with Gasteiger partial charge in [-0.3, -0.25) is 4.90 Å². The van der Waals surface area contributed by atoms with E-state index in [-0.39, 0.29) is 0 Å². The number of hydrogen-bond acceptors (Lipinski definition) is 3. The van der Waals surface area contributed by atoms with Crippen molar-refractivity contribution in [3.05, 3.63) is 29.8 Å². The second-order valence-electron chi connectivity index (χ2n) is 6.61. The first-order valence-corrected chi connectivity index (χ1v) is 8.49. The molecule has 1 aliphatic heterocycles. The highest BCUT2D eigenvalue weighted by Crippen LogP contribution is 2.35. The van der Waals surface area contributed by atoms with Crippen LogP contribution in [0.2, 0.25) is 0 Å². The molecule has 1 fully saturated rings. The minimum Gasteiger partial charge on any atom is -0.493 e. The summed E-state index contributed by atoms with van der Waals surface area (Å²) in [5.74, 6) is 1.62. The van der Waals surface area contributed by atoms with E-state index in [9.17, 15) is 0 Å². The van der Waals surface area contributed by atoms with Crippen LogP contribution in [0.1, 0.15) is 50.5 Å². The van der Waals surface area contributed by atoms with Crippen molar-refractivity contribution < 1.29 is 4.74 Å². The van der Waals surface area contributed by atoms with Crippen LogP contribution < -0.4 is 10.5 Å². The molecule has 116 valence electrons. The van der Waals surface area contributed by atoms with E-state index in [4.69, 9.17) is 10.5 Å². The lowest BCUT2D eigenvalue weighted by atomic mass is 9.89. The number of ether oxygens (including phenoxy) is 1. The molecule has 3 rings (SSSR count). The van der Waals surface area contributed by atoms with Crippen molar-refractivity contribution in [2.24, 2.45) is 5.73 Å². The number of hydrogen-bond donors (Lipinski definition) is 1. The molecule has 1 aromatic carbocycles. The predicted octanol–water partition coefficient (Wildman–Crippen LogP) is 3.14. The van der Waals surface area contributed by atoms with Crippen molar-refractivity contribution in [2.45, 2.75) is 57.0 Å². The number of nitrogens with zero attached hydrogens (tertiary/aromatic N) is 1. The molecular formula is C18H28N2O. The Kier molecular flexibility index (Phi) is 4.81. The fourth-order valence-corrected chi connectivity index (χ4v) is 3.84. The van der Waals surface area contributed by atoms with Crippen LogP contribution in [0.15, 0.2) is 24.3 Å². The van der Waals surface area contributed by atoms with Gasteiger partial charge in [-0.05, 0) is 44.7 Å². The summed E-state index contributed by atoms with van der Waals surface area (Å²) in [5, 5.41) is 0. The molecule has 0 saturated heterocycles. The molecule has 1 aromatic rings. The summed E-state index contributed by atoms with van der Waals surface area (Å²) in [6.45, 7) is 5.44. The predicted molar refractivity (Wildman–Crippen MR) is 86.8 cm³/mol. The molecule has 1 atom stereocenters. The second kappa shape index (κ2) is 6.80. The van der Waals surface area contributed by atoms with Crippen LogP contribution in [0.25, 0.3) is 0 Å². The van der Waals surface area contributed by atoms with Crippen molar-refractivity contribution in [1.29, 1.82) is 0 Å². The molecule has 2 N–H and O–H groups in total. The summed E-state index contributed by atoms with van der Waals surface area (Å²) >= 11 is 0. The number of rotatable bonds is 5. The Morgan fingerprint density at radius 3 is 2.71 bits per heavy atom. The molecule has 0 aromatic heterocycles. The standard InChI is InChI=1S/C18H28N2O/c1-2-11-20(16-9-7-15(19)8-10-16)12-14-13-21-18-6-4-3-5-17(14)18/h3-6,14-16H,2,7-13,19H2,1H3. The Labute approximate surface area is 128 Å². The first-order valence-electron chi connectivity index (χ1n) is 8.49. The van der Waals surface area contributed by atoms with Crippen molar-refractivity contribution in [3.63, 3.8) is 0 Å². The van der Waals surface area contributed by atoms with Gasteiger partial charge in [0.25, 0.3) is 0 Å². The number of nitrogens with two attached hydrogens (primary N) is 1. The van der Waals surface area contributed by atoms with E-state index in [1.807, 2.05) is 0 Å². The summed E-state index contributed by atoms with van der Waals surface area (Å²) in [4.78, 5) is 2.70. The van der Waals surface area contributed by atoms with E-state index in [0.717, 1.165) is 24.9 Å². The van der Waals surface area contributed by atoms with Gasteiger partial charge < -0.3 is 10.5 Å². The third-order valence-electron chi connectivity index (χ3n) is 5.02. The van der Waals surface area contributed by atoms with E-state index in [1.54, 1.807) is 0 Å². The van der Waals surface area contributed by atoms with Crippen LogP contribution in [0.4, 0.5) is 0 Å². The molecule has 1 aliphatic carbocycles. The maximum atomic E-state index is 6.06. The number of fused-ring (bicyclic) bond motifs is 1. The topological polar surface area (TPSA) is 38.5 Å². The number of para-hydroxylation sites is 1. The van der Waals surface area contributed by atoms with Crippen molar-refractivity contribution in [1.82, 2.24) is 4.90 Å². The second-order valence-corrected chi connectivity index (χ2v) is 6.61. The van der Waals surface area contributed by atoms with Gasteiger partial charge in [0, 0.05) is 30.1 Å². The third kappa shape index (κ3) is 3.41. The zero-order chi connectivity index (χ0) is 14.7. The van der Waals surface area contributed by atoms with Gasteiger partial charge >= 0.3 is 0 Å². The van der Waals surface area contributed by atoms with Gasteiger partial charge in [-0.15, -0.1) is 0 Å². The summed E-state index contributed by atoms with van der Waals surface area (Å²) in [5.41, 5.74) is 7.45. The molecule has 1 unspecified atom stereocenters. The highest BCUT2D eigenvalue weighted by molar-refractivity contribution is 5.39. The average Bonchev–Trinajstić information content (AvgIpc) is 2.91. The molecule has 0 amide bonds. The van der Waals surface area contributed by atoms with Gasteiger partial charge in [0.2, 0.25) is 0 Å². The van der Waals surface area contributed by atoms with E-state index in [0.29, 0.717) is 12.0 Å². The minimum atomic E-state index is 0.431. The molecule has 1 saturated carbocycles. The van der Waals surface area contributed by atoms with Crippen LogP contribution >= 0.6 is 0 Å². The SMILES string of the molecule is CCCN(CC1COc2ccccc21)C1CCC(N)CC1. The van der Waals surface area contributed by atoms with Crippen LogP contribution in [-0.2, 0) is 0 Å². The fraction of sp³-hybridized carbons (Fsp3) is 0.667. The molecule has 0 bridgehead atoms. The molecule has 3 heteroatoms. The smallest absolute Gasteiger partial charge is 0.122 e. The zero-order valence-electron chi connectivity index (χ0n) is 13.1. The van der Waals surface area contributed by atoms with Gasteiger partial charge in [0.05, 0.1) is 6.61 Å². The van der Waals surface area contributed by atoms with Gasteiger partial charge in [-0.2, -0.15) is 0 Å². The quantitative estimate of drug-likeness (QED) is 0.904. The van der Waals surface area contributed by atoms with E-state index in [2.05, 4.69) is 36.1 Å². The first kappa shape index (κ1) is 14.9. The Morgan fingerprint density at radius 1 is 1.19 bits per heavy atom. The molecule has 0 radical (unpaired) electrons. The molecule has 3 nitrogen and oxygen atoms in total. The highest BCUT2D eigenvalue weighted by atomic mass is 16.5. The Balaban J connectivity index is 1.66. The summed E-state index contributed by atoms with van der Waals surface area (Å²) in [6.07, 6.45) is 6.11. The largest absolute Gasteiger partial charge is 0.493 e. The van der Waals surface area contributed by atoms with E-state index < -0.39 is 0 Å². The van der Waals surface area contributed by atoms with Crippen LogP contribution in [0.5, 0.6) is 5.75 Å². The van der Waals surface area contributed by atoms with Crippen molar-refractivity contribution in [2.75, 3.05) is 19.7 Å². The van der Waals surface area contributed by atoms with Gasteiger partial charge in [-0.1, -0.05) is 25.1 Å². The average molecular weight is 288 g/mol. The summed E-state index contributed by atoms with van der Waals surface area (Å²) < 4.78 is 5.85. The van der Waals surface area contributed by atoms with Gasteiger partial charge in [0.1, 0.15) is 5.75 Å². The van der Waals surface area contributed by atoms with Crippen molar-refractivity contribution >= 4 is 0 Å². The fourth-order valence-electron chi connectivity index (χ4n) is 3.84. The summed E-state index contributed by atoms with van der Waals surface area (Å²) in [6, 6.07) is 9.67. The molecule has 21 heavy (non-hydrogen) atoms. The van der Waals surface area contributed by atoms with Gasteiger partial charge in [-0.25, -0.2) is 0 Å². The van der Waals surface area contributed by atoms with E-state index in [1.165, 1.54) is 44.2 Å². The van der Waals surface area contributed by atoms with Crippen LogP contribution in [0, 0.1) is 0 Å². The highest BCUT2D eigenvalue weighted by Gasteiger charge is 2.29. The van der Waals surface area contributed by atoms with Gasteiger partial charge in [0.15, 0.2) is 0 Å². The van der Waals surface area contributed by atoms with Crippen molar-refractivity contribution in [3.8, 4) is 5.75 Å². The lowest BCUT2D eigenvalue weighted by Gasteiger charge is -2.37. The maximum absolute atomic E-state index is 6.06. The molecule has 0 spiro atoms. The third-order valence-corrected chi connectivity index (χ3v) is 5.02. The van der Waals surface area contributed by atoms with Crippen LogP contribution in [-0.4, -0.2) is 36.7 Å². The Hall–Kier alpha value is -1.06. The molecule has 2 aliphatic rings. The van der Waals surface area contributed by atoms with Crippen LogP contribution in [0.3, 0.4) is 0 Å². The summed E-state index contributed by atoms with van der Waals surface area (Å²) in [7, 11) is 0. The molecule has 1 heterocycles. The normalized spacial score (nSPS) is 28.4. The monoisotopic (exact) mass is 288 g/mol. The zero-order valence-corrected chi connectivity index (χ0v) is 13.1. The first-order chi connectivity index (χ1) is 10.3. The lowest BCUT2D eigenvalue weighted by molar-refractivity contribution is 0.135. The Morgan fingerprint density at radius 2 is 1.95 bits per heavy atom. The lowest BCUT2D eigenvalue weighted by Crippen LogP contribution is -2.43. The minimum absolute atomic E-state index is 0.431. The molecular weight excluding hydrogens is 260 g/mol.